The fourth-order valence-corrected chi connectivity index (χ4v) is 1.60. The largest absolute Gasteiger partial charge is 0.495 e. The number of ether oxygens (including phenoxy) is 2. The van der Waals surface area contributed by atoms with Crippen molar-refractivity contribution >= 4 is 0 Å². The van der Waals surface area contributed by atoms with Crippen LogP contribution in [0.5, 0.6) is 5.88 Å². The monoisotopic (exact) mass is 267 g/mol. The number of hydrogen-bond acceptors (Lipinski definition) is 3. The van der Waals surface area contributed by atoms with Gasteiger partial charge >= 0.3 is 0 Å². The summed E-state index contributed by atoms with van der Waals surface area (Å²) in [5, 5.41) is 0. The Hall–Kier alpha value is -1.58. The molecule has 1 aromatic heterocycles. The van der Waals surface area contributed by atoms with Crippen molar-refractivity contribution in [3.63, 3.8) is 0 Å². The van der Waals surface area contributed by atoms with Crippen molar-refractivity contribution in [2.24, 2.45) is 5.41 Å². The Bertz CT molecular complexity index is 454. The number of aromatic nitrogens is 1. The van der Waals surface area contributed by atoms with E-state index in [2.05, 4.69) is 11.6 Å². The quantitative estimate of drug-likeness (QED) is 0.598. The Morgan fingerprint density at radius 3 is 2.42 bits per heavy atom. The number of nitrogens with zero attached hydrogens (tertiary/aromatic N) is 1. The summed E-state index contributed by atoms with van der Waals surface area (Å²) in [6.07, 6.45) is 0. The zero-order valence-corrected chi connectivity index (χ0v) is 12.3. The van der Waals surface area contributed by atoms with Crippen LogP contribution in [0.1, 0.15) is 34.6 Å². The molecule has 0 saturated heterocycles. The highest BCUT2D eigenvalue weighted by molar-refractivity contribution is 5.18. The van der Waals surface area contributed by atoms with Crippen molar-refractivity contribution in [3.05, 3.63) is 36.5 Å². The number of halogens is 1. The minimum atomic E-state index is -0.802. The predicted octanol–water partition coefficient (Wildman–Crippen LogP) is 3.95. The van der Waals surface area contributed by atoms with Gasteiger partial charge in [-0.05, 0) is 19.9 Å². The Kier molecular flexibility index (Phi) is 4.56. The van der Waals surface area contributed by atoms with Crippen LogP contribution >= 0.6 is 0 Å². The minimum absolute atomic E-state index is 0.221. The van der Waals surface area contributed by atoms with E-state index in [1.807, 2.05) is 34.6 Å². The maximum absolute atomic E-state index is 13.1. The molecule has 1 aromatic rings. The third-order valence-electron chi connectivity index (χ3n) is 3.28. The fourth-order valence-electron chi connectivity index (χ4n) is 1.60. The van der Waals surface area contributed by atoms with Crippen LogP contribution in [0.4, 0.5) is 4.39 Å². The molecule has 0 aliphatic rings. The third kappa shape index (κ3) is 3.46. The molecule has 1 rings (SSSR count). The van der Waals surface area contributed by atoms with Crippen LogP contribution in [-0.4, -0.2) is 17.2 Å². The van der Waals surface area contributed by atoms with Crippen LogP contribution in [0.25, 0.3) is 0 Å². The van der Waals surface area contributed by atoms with Crippen molar-refractivity contribution in [2.45, 2.75) is 40.2 Å². The lowest BCUT2D eigenvalue weighted by molar-refractivity contribution is -0.0340. The highest BCUT2D eigenvalue weighted by atomic mass is 19.1. The summed E-state index contributed by atoms with van der Waals surface area (Å²) in [5.74, 6) is 0.155. The summed E-state index contributed by atoms with van der Waals surface area (Å²) in [6, 6.07) is 4.45. The van der Waals surface area contributed by atoms with Crippen LogP contribution < -0.4 is 4.74 Å². The molecule has 0 bridgehead atoms. The van der Waals surface area contributed by atoms with Crippen molar-refractivity contribution in [3.8, 4) is 5.88 Å². The van der Waals surface area contributed by atoms with Crippen molar-refractivity contribution < 1.29 is 13.9 Å². The Morgan fingerprint density at radius 2 is 1.95 bits per heavy atom. The molecule has 0 unspecified atom stereocenters. The van der Waals surface area contributed by atoms with Crippen LogP contribution in [0, 0.1) is 11.4 Å². The van der Waals surface area contributed by atoms with Gasteiger partial charge in [0.05, 0.1) is 6.61 Å². The summed E-state index contributed by atoms with van der Waals surface area (Å²) >= 11 is 0. The molecule has 0 amide bonds. The molecule has 3 nitrogen and oxygen atoms in total. The molecule has 0 aromatic carbocycles. The molecule has 4 heteroatoms. The highest BCUT2D eigenvalue weighted by Crippen LogP contribution is 2.39. The van der Waals surface area contributed by atoms with E-state index in [1.165, 1.54) is 6.07 Å². The first-order chi connectivity index (χ1) is 8.70. The standard InChI is InChI=1S/C15H22FNO2/c1-7-18-11(2)15(6,14(3,4)5)19-13-10-8-9-12(16)17-13/h8-10H,2,7H2,1,3-6H3/t15-/m0/s1. The minimum Gasteiger partial charge on any atom is -0.495 e. The topological polar surface area (TPSA) is 31.4 Å². The second-order valence-corrected chi connectivity index (χ2v) is 5.54. The van der Waals surface area contributed by atoms with Gasteiger partial charge in [-0.1, -0.05) is 33.4 Å². The van der Waals surface area contributed by atoms with E-state index < -0.39 is 11.5 Å². The molecular formula is C15H22FNO2. The molecule has 1 heterocycles. The molecule has 19 heavy (non-hydrogen) atoms. The van der Waals surface area contributed by atoms with Crippen molar-refractivity contribution in [1.82, 2.24) is 4.98 Å². The van der Waals surface area contributed by atoms with E-state index in [0.717, 1.165) is 0 Å². The van der Waals surface area contributed by atoms with E-state index in [1.54, 1.807) is 12.1 Å². The molecule has 0 aliphatic heterocycles. The van der Waals surface area contributed by atoms with Crippen LogP contribution in [-0.2, 0) is 4.74 Å². The molecule has 0 saturated carbocycles. The molecule has 1 atom stereocenters. The van der Waals surface area contributed by atoms with Crippen molar-refractivity contribution in [1.29, 1.82) is 0 Å². The van der Waals surface area contributed by atoms with Gasteiger partial charge in [-0.25, -0.2) is 0 Å². The normalized spacial score (nSPS) is 14.6. The molecule has 0 spiro atoms. The summed E-state index contributed by atoms with van der Waals surface area (Å²) in [7, 11) is 0. The zero-order chi connectivity index (χ0) is 14.7. The van der Waals surface area contributed by atoms with E-state index >= 15 is 0 Å². The van der Waals surface area contributed by atoms with Gasteiger partial charge in [-0.15, -0.1) is 0 Å². The predicted molar refractivity (Wildman–Crippen MR) is 73.4 cm³/mol. The van der Waals surface area contributed by atoms with Gasteiger partial charge in [0.1, 0.15) is 5.76 Å². The Labute approximate surface area is 114 Å². The first kappa shape index (κ1) is 15.5. The molecule has 106 valence electrons. The molecule has 0 aliphatic carbocycles. The molecule has 0 N–H and O–H groups in total. The Morgan fingerprint density at radius 1 is 1.32 bits per heavy atom. The molecular weight excluding hydrogens is 245 g/mol. The van der Waals surface area contributed by atoms with Gasteiger partial charge in [-0.3, -0.25) is 0 Å². The van der Waals surface area contributed by atoms with Gasteiger partial charge in [0.25, 0.3) is 0 Å². The van der Waals surface area contributed by atoms with E-state index in [-0.39, 0.29) is 11.3 Å². The summed E-state index contributed by atoms with van der Waals surface area (Å²) in [4.78, 5) is 3.73. The van der Waals surface area contributed by atoms with Gasteiger partial charge in [0.15, 0.2) is 5.60 Å². The summed E-state index contributed by atoms with van der Waals surface area (Å²) < 4.78 is 24.5. The third-order valence-corrected chi connectivity index (χ3v) is 3.28. The summed E-state index contributed by atoms with van der Waals surface area (Å²) in [5.41, 5.74) is -1.09. The highest BCUT2D eigenvalue weighted by Gasteiger charge is 2.44. The van der Waals surface area contributed by atoms with Crippen LogP contribution in [0.15, 0.2) is 30.5 Å². The van der Waals surface area contributed by atoms with Crippen LogP contribution in [0.2, 0.25) is 0 Å². The number of pyridine rings is 1. The second kappa shape index (κ2) is 5.59. The van der Waals surface area contributed by atoms with Gasteiger partial charge in [-0.2, -0.15) is 9.37 Å². The van der Waals surface area contributed by atoms with Gasteiger partial charge < -0.3 is 9.47 Å². The van der Waals surface area contributed by atoms with E-state index in [9.17, 15) is 4.39 Å². The number of rotatable bonds is 5. The van der Waals surface area contributed by atoms with Gasteiger partial charge in [0.2, 0.25) is 11.8 Å². The smallest absolute Gasteiger partial charge is 0.216 e. The van der Waals surface area contributed by atoms with E-state index in [0.29, 0.717) is 12.4 Å². The van der Waals surface area contributed by atoms with Crippen molar-refractivity contribution in [2.75, 3.05) is 6.61 Å². The lowest BCUT2D eigenvalue weighted by Gasteiger charge is -2.42. The maximum Gasteiger partial charge on any atom is 0.216 e. The van der Waals surface area contributed by atoms with Gasteiger partial charge in [0, 0.05) is 11.5 Å². The zero-order valence-electron chi connectivity index (χ0n) is 12.3. The Balaban J connectivity index is 3.09. The average molecular weight is 267 g/mol. The van der Waals surface area contributed by atoms with Crippen LogP contribution in [0.3, 0.4) is 0 Å². The first-order valence-electron chi connectivity index (χ1n) is 6.34. The summed E-state index contributed by atoms with van der Waals surface area (Å²) in [6.45, 7) is 14.2. The number of hydrogen-bond donors (Lipinski definition) is 0. The lowest BCUT2D eigenvalue weighted by atomic mass is 9.76. The SMILES string of the molecule is C=C(OCC)[C@](C)(Oc1cccc(F)n1)C(C)(C)C. The lowest BCUT2D eigenvalue weighted by Crippen LogP contribution is -2.47. The van der Waals surface area contributed by atoms with E-state index in [4.69, 9.17) is 9.47 Å². The molecule has 0 fully saturated rings. The maximum atomic E-state index is 13.1. The average Bonchev–Trinajstić information content (AvgIpc) is 2.27. The molecule has 0 radical (unpaired) electrons. The second-order valence-electron chi connectivity index (χ2n) is 5.54. The fraction of sp³-hybridized carbons (Fsp3) is 0.533. The first-order valence-corrected chi connectivity index (χ1v) is 6.34.